The lowest BCUT2D eigenvalue weighted by Gasteiger charge is -2.16. The molecular weight excluding hydrogens is 434 g/mol. The number of carbonyl (C=O) groups excluding carboxylic acids is 2. The summed E-state index contributed by atoms with van der Waals surface area (Å²) in [5.41, 5.74) is 0.107. The van der Waals surface area contributed by atoms with Crippen molar-refractivity contribution < 1.29 is 32.6 Å². The number of imide groups is 1. The third-order valence-corrected chi connectivity index (χ3v) is 5.25. The average Bonchev–Trinajstić information content (AvgIpc) is 3.37. The molecule has 166 valence electrons. The molecule has 0 aliphatic carbocycles. The third-order valence-electron chi connectivity index (χ3n) is 5.25. The van der Waals surface area contributed by atoms with Gasteiger partial charge in [-0.15, -0.1) is 0 Å². The van der Waals surface area contributed by atoms with Crippen LogP contribution in [0.25, 0.3) is 5.57 Å². The van der Waals surface area contributed by atoms with E-state index in [1.807, 2.05) is 0 Å². The largest absolute Gasteiger partial charge is 0.496 e. The van der Waals surface area contributed by atoms with E-state index in [0.29, 0.717) is 33.4 Å². The summed E-state index contributed by atoms with van der Waals surface area (Å²) in [4.78, 5) is 27.5. The molecule has 0 radical (unpaired) electrons. The molecular formula is C24H16F2N2O5. The van der Waals surface area contributed by atoms with Crippen LogP contribution in [0.5, 0.6) is 17.2 Å². The molecule has 0 aromatic heterocycles. The predicted molar refractivity (Wildman–Crippen MR) is 115 cm³/mol. The molecule has 0 bridgehead atoms. The number of nitrogens with one attached hydrogen (secondary N) is 1. The first-order chi connectivity index (χ1) is 16.0. The number of nitrogens with zero attached hydrogens (tertiary/aromatic N) is 1. The van der Waals surface area contributed by atoms with Gasteiger partial charge in [-0.25, -0.2) is 13.7 Å². The van der Waals surface area contributed by atoms with E-state index in [1.165, 1.54) is 7.11 Å². The Labute approximate surface area is 186 Å². The van der Waals surface area contributed by atoms with Gasteiger partial charge in [0.15, 0.2) is 11.5 Å². The topological polar surface area (TPSA) is 77.1 Å². The first-order valence-corrected chi connectivity index (χ1v) is 9.86. The Hall–Kier alpha value is -4.40. The van der Waals surface area contributed by atoms with Crippen molar-refractivity contribution in [2.45, 2.75) is 0 Å². The summed E-state index contributed by atoms with van der Waals surface area (Å²) in [6.45, 7) is 0.0675. The van der Waals surface area contributed by atoms with Gasteiger partial charge in [0.25, 0.3) is 11.8 Å². The monoisotopic (exact) mass is 450 g/mol. The number of anilines is 2. The quantitative estimate of drug-likeness (QED) is 0.590. The van der Waals surface area contributed by atoms with Crippen molar-refractivity contribution in [2.75, 3.05) is 24.1 Å². The van der Waals surface area contributed by atoms with Crippen LogP contribution in [0.3, 0.4) is 0 Å². The van der Waals surface area contributed by atoms with Crippen molar-refractivity contribution in [3.8, 4) is 17.2 Å². The average molecular weight is 450 g/mol. The van der Waals surface area contributed by atoms with Crippen LogP contribution in [-0.4, -0.2) is 25.7 Å². The molecule has 0 unspecified atom stereocenters. The Kier molecular flexibility index (Phi) is 4.93. The van der Waals surface area contributed by atoms with E-state index < -0.39 is 29.1 Å². The smallest absolute Gasteiger partial charge is 0.282 e. The summed E-state index contributed by atoms with van der Waals surface area (Å²) >= 11 is 0. The van der Waals surface area contributed by atoms with E-state index >= 15 is 0 Å². The fraction of sp³-hybridized carbons (Fsp3) is 0.0833. The molecule has 3 aromatic rings. The van der Waals surface area contributed by atoms with Gasteiger partial charge in [0.1, 0.15) is 23.1 Å². The number of hydrogen-bond donors (Lipinski definition) is 1. The van der Waals surface area contributed by atoms with Crippen LogP contribution < -0.4 is 24.4 Å². The fourth-order valence-corrected chi connectivity index (χ4v) is 3.74. The number of ether oxygens (including phenoxy) is 3. The molecule has 7 nitrogen and oxygen atoms in total. The van der Waals surface area contributed by atoms with Crippen molar-refractivity contribution in [1.29, 1.82) is 0 Å². The molecule has 9 heteroatoms. The SMILES string of the molecule is COc1ccccc1C1=C(Nc2ccc3c(c2)OCO3)C(=O)N(c2cc(F)ccc2F)C1=O. The number of halogens is 2. The molecule has 2 amide bonds. The molecule has 0 saturated carbocycles. The van der Waals surface area contributed by atoms with E-state index in [2.05, 4.69) is 5.32 Å². The second-order valence-corrected chi connectivity index (χ2v) is 7.18. The van der Waals surface area contributed by atoms with Crippen molar-refractivity contribution in [1.82, 2.24) is 0 Å². The second-order valence-electron chi connectivity index (χ2n) is 7.18. The molecule has 5 rings (SSSR count). The molecule has 0 spiro atoms. The molecule has 0 atom stereocenters. The van der Waals surface area contributed by atoms with Gasteiger partial charge in [0.2, 0.25) is 6.79 Å². The fourth-order valence-electron chi connectivity index (χ4n) is 3.74. The third kappa shape index (κ3) is 3.43. The molecule has 2 aliphatic rings. The van der Waals surface area contributed by atoms with Gasteiger partial charge in [0.05, 0.1) is 18.4 Å². The van der Waals surface area contributed by atoms with Crippen molar-refractivity contribution in [2.24, 2.45) is 0 Å². The Bertz CT molecular complexity index is 1340. The Morgan fingerprint density at radius 2 is 1.73 bits per heavy atom. The first-order valence-electron chi connectivity index (χ1n) is 9.86. The molecule has 0 fully saturated rings. The van der Waals surface area contributed by atoms with Crippen LogP contribution in [-0.2, 0) is 9.59 Å². The van der Waals surface area contributed by atoms with Crippen LogP contribution in [0.4, 0.5) is 20.2 Å². The summed E-state index contributed by atoms with van der Waals surface area (Å²) in [7, 11) is 1.43. The highest BCUT2D eigenvalue weighted by Crippen LogP contribution is 2.40. The zero-order valence-electron chi connectivity index (χ0n) is 17.2. The molecule has 1 N–H and O–H groups in total. The standard InChI is InChI=1S/C24H16F2N2O5/c1-31-18-5-3-2-4-15(18)21-22(27-14-7-9-19-20(11-14)33-12-32-19)24(30)28(23(21)29)17-10-13(25)6-8-16(17)26/h2-11,27H,12H2,1H3. The molecule has 3 aromatic carbocycles. The van der Waals surface area contributed by atoms with Gasteiger partial charge >= 0.3 is 0 Å². The number of benzene rings is 3. The Balaban J connectivity index is 1.65. The van der Waals surface area contributed by atoms with E-state index in [-0.39, 0.29) is 18.1 Å². The molecule has 33 heavy (non-hydrogen) atoms. The maximum Gasteiger partial charge on any atom is 0.282 e. The minimum Gasteiger partial charge on any atom is -0.496 e. The van der Waals surface area contributed by atoms with Crippen LogP contribution in [0.15, 0.2) is 66.4 Å². The van der Waals surface area contributed by atoms with Gasteiger partial charge in [-0.2, -0.15) is 0 Å². The van der Waals surface area contributed by atoms with Crippen molar-refractivity contribution >= 4 is 28.8 Å². The minimum atomic E-state index is -0.915. The zero-order valence-corrected chi connectivity index (χ0v) is 17.2. The molecule has 0 saturated heterocycles. The number of amides is 2. The van der Waals surface area contributed by atoms with Crippen LogP contribution in [0, 0.1) is 11.6 Å². The number of methoxy groups -OCH3 is 1. The number of para-hydroxylation sites is 1. The summed E-state index contributed by atoms with van der Waals surface area (Å²) < 4.78 is 44.4. The van der Waals surface area contributed by atoms with Gasteiger partial charge in [-0.05, 0) is 30.3 Å². The lowest BCUT2D eigenvalue weighted by Crippen LogP contribution is -2.33. The van der Waals surface area contributed by atoms with Gasteiger partial charge in [0, 0.05) is 23.4 Å². The van der Waals surface area contributed by atoms with E-state index in [9.17, 15) is 18.4 Å². The molecule has 2 heterocycles. The van der Waals surface area contributed by atoms with Crippen LogP contribution in [0.1, 0.15) is 5.56 Å². The van der Waals surface area contributed by atoms with Crippen molar-refractivity contribution in [3.63, 3.8) is 0 Å². The summed E-state index contributed by atoms with van der Waals surface area (Å²) in [6, 6.07) is 14.1. The van der Waals surface area contributed by atoms with Crippen LogP contribution >= 0.6 is 0 Å². The number of rotatable bonds is 5. The number of hydrogen-bond acceptors (Lipinski definition) is 6. The second kappa shape index (κ2) is 7.94. The van der Waals surface area contributed by atoms with Gasteiger partial charge in [-0.1, -0.05) is 18.2 Å². The zero-order chi connectivity index (χ0) is 23.1. The van der Waals surface area contributed by atoms with E-state index in [1.54, 1.807) is 42.5 Å². The van der Waals surface area contributed by atoms with Gasteiger partial charge < -0.3 is 19.5 Å². The first kappa shape index (κ1) is 20.5. The van der Waals surface area contributed by atoms with E-state index in [4.69, 9.17) is 14.2 Å². The maximum atomic E-state index is 14.5. The number of fused-ring (bicyclic) bond motifs is 1. The highest BCUT2D eigenvalue weighted by molar-refractivity contribution is 6.46. The highest BCUT2D eigenvalue weighted by Gasteiger charge is 2.42. The summed E-state index contributed by atoms with van der Waals surface area (Å²) in [6.07, 6.45) is 0. The lowest BCUT2D eigenvalue weighted by molar-refractivity contribution is -0.120. The predicted octanol–water partition coefficient (Wildman–Crippen LogP) is 4.10. The summed E-state index contributed by atoms with van der Waals surface area (Å²) in [5.74, 6) is -2.04. The normalized spacial score (nSPS) is 14.8. The van der Waals surface area contributed by atoms with Crippen molar-refractivity contribution in [3.05, 3.63) is 83.6 Å². The van der Waals surface area contributed by atoms with E-state index in [0.717, 1.165) is 18.2 Å². The van der Waals surface area contributed by atoms with Crippen LogP contribution in [0.2, 0.25) is 0 Å². The maximum absolute atomic E-state index is 14.5. The van der Waals surface area contributed by atoms with Gasteiger partial charge in [-0.3, -0.25) is 9.59 Å². The minimum absolute atomic E-state index is 0.0428. The number of carbonyl (C=O) groups is 2. The summed E-state index contributed by atoms with van der Waals surface area (Å²) in [5, 5.41) is 2.94. The molecule has 2 aliphatic heterocycles. The Morgan fingerprint density at radius 3 is 2.55 bits per heavy atom. The highest BCUT2D eigenvalue weighted by atomic mass is 19.1. The lowest BCUT2D eigenvalue weighted by atomic mass is 10.0. The Morgan fingerprint density at radius 1 is 0.939 bits per heavy atom.